The van der Waals surface area contributed by atoms with Crippen LogP contribution >= 0.6 is 23.7 Å². The second-order valence-corrected chi connectivity index (χ2v) is 7.72. The molecule has 0 fully saturated rings. The first kappa shape index (κ1) is 22.1. The number of thiophene rings is 1. The molecule has 1 unspecified atom stereocenters. The Morgan fingerprint density at radius 1 is 1.18 bits per heavy atom. The molecule has 0 saturated heterocycles. The Morgan fingerprint density at radius 2 is 1.89 bits per heavy atom. The first-order chi connectivity index (χ1) is 13.0. The number of halogens is 1. The zero-order valence-corrected chi connectivity index (χ0v) is 18.0. The second kappa shape index (κ2) is 9.82. The van der Waals surface area contributed by atoms with Crippen molar-refractivity contribution in [3.8, 4) is 11.5 Å². The van der Waals surface area contributed by atoms with E-state index in [0.717, 1.165) is 5.56 Å². The molecule has 0 aliphatic carbocycles. The lowest BCUT2D eigenvalue weighted by molar-refractivity contribution is 0.102. The highest BCUT2D eigenvalue weighted by Crippen LogP contribution is 2.32. The van der Waals surface area contributed by atoms with Crippen LogP contribution in [0.3, 0.4) is 0 Å². The molecule has 2 aromatic heterocycles. The number of hydrogen-bond acceptors (Lipinski definition) is 6. The minimum Gasteiger partial charge on any atom is -0.334 e. The minimum absolute atomic E-state index is 0. The third kappa shape index (κ3) is 5.19. The van der Waals surface area contributed by atoms with Gasteiger partial charge >= 0.3 is 0 Å². The van der Waals surface area contributed by atoms with E-state index in [1.165, 1.54) is 16.9 Å². The Balaban J connectivity index is 0.00000280. The zero-order valence-electron chi connectivity index (χ0n) is 16.4. The molecule has 8 heteroatoms. The quantitative estimate of drug-likeness (QED) is 0.576. The molecule has 150 valence electrons. The number of rotatable bonds is 7. The van der Waals surface area contributed by atoms with E-state index in [1.54, 1.807) is 0 Å². The molecule has 28 heavy (non-hydrogen) atoms. The van der Waals surface area contributed by atoms with Crippen molar-refractivity contribution in [1.82, 2.24) is 15.5 Å². The zero-order chi connectivity index (χ0) is 19.4. The number of amides is 1. The highest BCUT2D eigenvalue weighted by atomic mass is 35.5. The summed E-state index contributed by atoms with van der Waals surface area (Å²) in [7, 11) is 1.89. The number of carbonyl (C=O) groups is 1. The minimum atomic E-state index is -0.155. The van der Waals surface area contributed by atoms with Crippen LogP contribution in [0.15, 0.2) is 40.2 Å². The molecule has 3 aromatic rings. The number of carbonyl (C=O) groups excluding carboxylic acids is 1. The van der Waals surface area contributed by atoms with Gasteiger partial charge in [-0.2, -0.15) is 4.98 Å². The van der Waals surface area contributed by atoms with Gasteiger partial charge in [-0.3, -0.25) is 4.79 Å². The molecular formula is C20H25ClN4O2S. The van der Waals surface area contributed by atoms with E-state index in [0.29, 0.717) is 34.6 Å². The van der Waals surface area contributed by atoms with Gasteiger partial charge in [0.1, 0.15) is 5.00 Å². The molecule has 0 aliphatic heterocycles. The summed E-state index contributed by atoms with van der Waals surface area (Å²) in [6, 6.07) is 9.81. The van der Waals surface area contributed by atoms with Crippen LogP contribution in [0.2, 0.25) is 0 Å². The van der Waals surface area contributed by atoms with E-state index in [-0.39, 0.29) is 24.4 Å². The summed E-state index contributed by atoms with van der Waals surface area (Å²) in [4.78, 5) is 17.0. The fourth-order valence-electron chi connectivity index (χ4n) is 2.59. The molecule has 1 aromatic carbocycles. The van der Waals surface area contributed by atoms with Gasteiger partial charge in [0.2, 0.25) is 0 Å². The molecule has 2 heterocycles. The summed E-state index contributed by atoms with van der Waals surface area (Å²) in [5.41, 5.74) is 2.56. The van der Waals surface area contributed by atoms with Crippen LogP contribution in [-0.2, 0) is 6.42 Å². The van der Waals surface area contributed by atoms with E-state index in [2.05, 4.69) is 41.5 Å². The van der Waals surface area contributed by atoms with Crippen LogP contribution in [0.4, 0.5) is 5.00 Å². The van der Waals surface area contributed by atoms with Crippen LogP contribution < -0.4 is 10.6 Å². The van der Waals surface area contributed by atoms with Gasteiger partial charge in [-0.1, -0.05) is 31.1 Å². The summed E-state index contributed by atoms with van der Waals surface area (Å²) in [6.07, 6.45) is 0.675. The lowest BCUT2D eigenvalue weighted by Gasteiger charge is -2.07. The molecule has 3 rings (SSSR count). The average Bonchev–Trinajstić information content (AvgIpc) is 3.30. The Labute approximate surface area is 175 Å². The van der Waals surface area contributed by atoms with Crippen molar-refractivity contribution < 1.29 is 9.32 Å². The monoisotopic (exact) mass is 420 g/mol. The number of aromatic nitrogens is 2. The SMILES string of the molecule is CNC(C)Cc1noc(-c2ccsc2NC(=O)c2ccc(C(C)C)cc2)n1.Cl. The van der Waals surface area contributed by atoms with Gasteiger partial charge < -0.3 is 15.2 Å². The van der Waals surface area contributed by atoms with E-state index in [9.17, 15) is 4.79 Å². The van der Waals surface area contributed by atoms with Crippen molar-refractivity contribution >= 4 is 34.7 Å². The standard InChI is InChI=1S/C20H24N4O2S.ClH/c1-12(2)14-5-7-15(8-6-14)18(25)23-20-16(9-10-27-20)19-22-17(24-26-19)11-13(3)21-4;/h5-10,12-13,21H,11H2,1-4H3,(H,23,25);1H. The molecule has 1 amide bonds. The van der Waals surface area contributed by atoms with Crippen molar-refractivity contribution in [3.05, 3.63) is 52.7 Å². The van der Waals surface area contributed by atoms with Crippen LogP contribution in [0.1, 0.15) is 48.4 Å². The largest absolute Gasteiger partial charge is 0.334 e. The molecule has 0 spiro atoms. The highest BCUT2D eigenvalue weighted by Gasteiger charge is 2.17. The number of likely N-dealkylation sites (N-methyl/N-ethyl adjacent to an activating group) is 1. The van der Waals surface area contributed by atoms with E-state index >= 15 is 0 Å². The topological polar surface area (TPSA) is 80.0 Å². The predicted molar refractivity (Wildman–Crippen MR) is 116 cm³/mol. The second-order valence-electron chi connectivity index (χ2n) is 6.80. The Hall–Kier alpha value is -2.22. The summed E-state index contributed by atoms with van der Waals surface area (Å²) >= 11 is 1.43. The average molecular weight is 421 g/mol. The normalized spacial score (nSPS) is 11.9. The van der Waals surface area contributed by atoms with Crippen LogP contribution in [0, 0.1) is 0 Å². The predicted octanol–water partition coefficient (Wildman–Crippen LogP) is 4.75. The highest BCUT2D eigenvalue weighted by molar-refractivity contribution is 7.15. The summed E-state index contributed by atoms with van der Waals surface area (Å²) in [5, 5.41) is 12.7. The van der Waals surface area contributed by atoms with Crippen LogP contribution in [0.5, 0.6) is 0 Å². The van der Waals surface area contributed by atoms with E-state index in [4.69, 9.17) is 4.52 Å². The first-order valence-electron chi connectivity index (χ1n) is 8.97. The van der Waals surface area contributed by atoms with Crippen molar-refractivity contribution in [2.45, 2.75) is 39.2 Å². The smallest absolute Gasteiger partial charge is 0.260 e. The summed E-state index contributed by atoms with van der Waals surface area (Å²) in [6.45, 7) is 6.31. The number of hydrogen-bond donors (Lipinski definition) is 2. The first-order valence-corrected chi connectivity index (χ1v) is 9.85. The van der Waals surface area contributed by atoms with Crippen molar-refractivity contribution in [3.63, 3.8) is 0 Å². The Morgan fingerprint density at radius 3 is 2.54 bits per heavy atom. The van der Waals surface area contributed by atoms with Gasteiger partial charge in [0.15, 0.2) is 5.82 Å². The van der Waals surface area contributed by atoms with Crippen LogP contribution in [0.25, 0.3) is 11.5 Å². The fraction of sp³-hybridized carbons (Fsp3) is 0.350. The third-order valence-corrected chi connectivity index (χ3v) is 5.24. The number of nitrogens with one attached hydrogen (secondary N) is 2. The number of anilines is 1. The maximum atomic E-state index is 12.6. The maximum absolute atomic E-state index is 12.6. The van der Waals surface area contributed by atoms with Gasteiger partial charge in [-0.05, 0) is 49.0 Å². The number of benzene rings is 1. The number of nitrogens with zero attached hydrogens (tertiary/aromatic N) is 2. The fourth-order valence-corrected chi connectivity index (χ4v) is 3.37. The lowest BCUT2D eigenvalue weighted by atomic mass is 10.0. The summed E-state index contributed by atoms with van der Waals surface area (Å²) < 4.78 is 5.39. The molecular weight excluding hydrogens is 396 g/mol. The van der Waals surface area contributed by atoms with Gasteiger partial charge in [-0.15, -0.1) is 23.7 Å². The Bertz CT molecular complexity index is 905. The molecule has 0 radical (unpaired) electrons. The maximum Gasteiger partial charge on any atom is 0.260 e. The molecule has 0 saturated carbocycles. The third-order valence-electron chi connectivity index (χ3n) is 4.41. The molecule has 6 nitrogen and oxygen atoms in total. The van der Waals surface area contributed by atoms with Gasteiger partial charge in [0.05, 0.1) is 5.56 Å². The van der Waals surface area contributed by atoms with Crippen molar-refractivity contribution in [2.24, 2.45) is 0 Å². The summed E-state index contributed by atoms with van der Waals surface area (Å²) in [5.74, 6) is 1.33. The molecule has 0 bridgehead atoms. The van der Waals surface area contributed by atoms with Crippen LogP contribution in [-0.4, -0.2) is 29.1 Å². The lowest BCUT2D eigenvalue weighted by Crippen LogP contribution is -2.24. The van der Waals surface area contributed by atoms with Crippen molar-refractivity contribution in [2.75, 3.05) is 12.4 Å². The Kier molecular flexibility index (Phi) is 7.74. The van der Waals surface area contributed by atoms with E-state index in [1.807, 2.05) is 42.8 Å². The van der Waals surface area contributed by atoms with Gasteiger partial charge in [0, 0.05) is 18.0 Å². The van der Waals surface area contributed by atoms with Gasteiger partial charge in [0.25, 0.3) is 11.8 Å². The molecule has 1 atom stereocenters. The van der Waals surface area contributed by atoms with Crippen molar-refractivity contribution in [1.29, 1.82) is 0 Å². The van der Waals surface area contributed by atoms with E-state index < -0.39 is 0 Å². The van der Waals surface area contributed by atoms with Gasteiger partial charge in [-0.25, -0.2) is 0 Å². The molecule has 2 N–H and O–H groups in total. The molecule has 0 aliphatic rings.